The van der Waals surface area contributed by atoms with Crippen molar-refractivity contribution in [3.63, 3.8) is 0 Å². The quantitative estimate of drug-likeness (QED) is 0.864. The Morgan fingerprint density at radius 1 is 1.20 bits per heavy atom. The lowest BCUT2D eigenvalue weighted by Gasteiger charge is -2.28. The van der Waals surface area contributed by atoms with Gasteiger partial charge in [0.1, 0.15) is 5.52 Å². The minimum Gasteiger partial charge on any atom is -0.440 e. The number of carbonyl (C=O) groups is 1. The van der Waals surface area contributed by atoms with Crippen molar-refractivity contribution < 1.29 is 9.21 Å². The fourth-order valence-corrected chi connectivity index (χ4v) is 4.34. The average Bonchev–Trinajstić information content (AvgIpc) is 3.24. The molecule has 1 aliphatic carbocycles. The molecule has 3 aliphatic rings. The highest BCUT2D eigenvalue weighted by Crippen LogP contribution is 2.40. The highest BCUT2D eigenvalue weighted by Gasteiger charge is 2.34. The average molecular weight is 362 g/mol. The molecule has 1 saturated carbocycles. The number of nitrogens with zero attached hydrogens (tertiary/aromatic N) is 1. The number of aromatic nitrogens is 1. The van der Waals surface area contributed by atoms with Crippen molar-refractivity contribution in [1.82, 2.24) is 10.3 Å². The van der Waals surface area contributed by atoms with E-state index in [2.05, 4.69) is 15.6 Å². The Morgan fingerprint density at radius 2 is 1.96 bits per heavy atom. The molecule has 134 valence electrons. The van der Waals surface area contributed by atoms with Crippen molar-refractivity contribution in [2.45, 2.75) is 62.9 Å². The van der Waals surface area contributed by atoms with Crippen LogP contribution in [0, 0.1) is 5.92 Å². The molecule has 3 fully saturated rings. The molecule has 1 aromatic heterocycles. The van der Waals surface area contributed by atoms with Crippen LogP contribution in [-0.2, 0) is 4.79 Å². The summed E-state index contributed by atoms with van der Waals surface area (Å²) < 4.78 is 5.83. The normalized spacial score (nSPS) is 27.9. The second-order valence-corrected chi connectivity index (χ2v) is 7.74. The largest absolute Gasteiger partial charge is 0.440 e. The fraction of sp³-hybridized carbons (Fsp3) is 0.579. The van der Waals surface area contributed by atoms with E-state index in [1.54, 1.807) is 0 Å². The molecule has 2 saturated heterocycles. The van der Waals surface area contributed by atoms with Crippen LogP contribution < -0.4 is 10.6 Å². The number of rotatable bonds is 4. The molecular weight excluding hydrogens is 338 g/mol. The summed E-state index contributed by atoms with van der Waals surface area (Å²) in [6.07, 6.45) is 7.79. The zero-order valence-corrected chi connectivity index (χ0v) is 15.0. The first-order valence-corrected chi connectivity index (χ1v) is 9.19. The van der Waals surface area contributed by atoms with Crippen LogP contribution in [0.3, 0.4) is 0 Å². The molecule has 2 unspecified atom stereocenters. The predicted octanol–water partition coefficient (Wildman–Crippen LogP) is 3.99. The molecule has 6 heteroatoms. The van der Waals surface area contributed by atoms with Gasteiger partial charge in [0.25, 0.3) is 0 Å². The lowest BCUT2D eigenvalue weighted by molar-refractivity contribution is -0.117. The lowest BCUT2D eigenvalue weighted by Crippen LogP contribution is -2.39. The topological polar surface area (TPSA) is 67.2 Å². The predicted molar refractivity (Wildman–Crippen MR) is 99.1 cm³/mol. The molecule has 2 aliphatic heterocycles. The molecule has 0 spiro atoms. The van der Waals surface area contributed by atoms with Gasteiger partial charge in [-0.25, -0.2) is 4.98 Å². The fourth-order valence-electron chi connectivity index (χ4n) is 4.34. The number of fused-ring (bicyclic) bond motifs is 3. The molecule has 0 radical (unpaired) electrons. The summed E-state index contributed by atoms with van der Waals surface area (Å²) in [5.74, 6) is 1.98. The number of anilines is 1. The monoisotopic (exact) mass is 361 g/mol. The first kappa shape index (κ1) is 16.9. The van der Waals surface area contributed by atoms with Gasteiger partial charge in [-0.1, -0.05) is 0 Å². The van der Waals surface area contributed by atoms with Crippen LogP contribution in [0.25, 0.3) is 11.1 Å². The van der Waals surface area contributed by atoms with Crippen LogP contribution in [0.4, 0.5) is 5.69 Å². The molecular formula is C19H24ClN3O2. The van der Waals surface area contributed by atoms with Crippen LogP contribution in [0.2, 0.25) is 0 Å². The summed E-state index contributed by atoms with van der Waals surface area (Å²) in [5, 5.41) is 6.67. The number of amides is 1. The number of hydrogen-bond acceptors (Lipinski definition) is 4. The number of benzene rings is 1. The first-order valence-electron chi connectivity index (χ1n) is 9.19. The van der Waals surface area contributed by atoms with Gasteiger partial charge in [0, 0.05) is 36.2 Å². The van der Waals surface area contributed by atoms with Gasteiger partial charge in [-0.2, -0.15) is 0 Å². The summed E-state index contributed by atoms with van der Waals surface area (Å²) >= 11 is 0. The number of carbonyl (C=O) groups excluding carboxylic acids is 1. The standard InChI is InChI=1S/C19H23N3O2.ClH/c23-18(9-11-7-13-3-4-14(8-11)20-13)21-15-5-6-16-17(10-15)24-19(22-16)12-1-2-12;/h5-6,10-14,20H,1-4,7-9H2,(H,21,23);1H. The Bertz CT molecular complexity index is 774. The Hall–Kier alpha value is -1.59. The first-order chi connectivity index (χ1) is 11.7. The summed E-state index contributed by atoms with van der Waals surface area (Å²) in [6.45, 7) is 0. The number of halogens is 1. The smallest absolute Gasteiger partial charge is 0.224 e. The summed E-state index contributed by atoms with van der Waals surface area (Å²) in [6, 6.07) is 7.02. The Morgan fingerprint density at radius 3 is 2.68 bits per heavy atom. The highest BCUT2D eigenvalue weighted by molar-refractivity contribution is 5.92. The minimum atomic E-state index is 0. The zero-order valence-electron chi connectivity index (χ0n) is 14.2. The molecule has 3 heterocycles. The van der Waals surface area contributed by atoms with Gasteiger partial charge in [-0.15, -0.1) is 12.4 Å². The lowest BCUT2D eigenvalue weighted by atomic mass is 9.89. The van der Waals surface area contributed by atoms with Crippen molar-refractivity contribution in [2.75, 3.05) is 5.32 Å². The van der Waals surface area contributed by atoms with E-state index >= 15 is 0 Å². The molecule has 2 bridgehead atoms. The third-order valence-electron chi connectivity index (χ3n) is 5.66. The van der Waals surface area contributed by atoms with E-state index in [-0.39, 0.29) is 18.3 Å². The second-order valence-electron chi connectivity index (χ2n) is 7.74. The van der Waals surface area contributed by atoms with Gasteiger partial charge in [0.05, 0.1) is 0 Å². The second kappa shape index (κ2) is 6.61. The van der Waals surface area contributed by atoms with Gasteiger partial charge < -0.3 is 15.1 Å². The van der Waals surface area contributed by atoms with E-state index in [4.69, 9.17) is 4.42 Å². The third kappa shape index (κ3) is 3.53. The van der Waals surface area contributed by atoms with E-state index in [0.717, 1.165) is 35.5 Å². The number of piperidine rings is 1. The summed E-state index contributed by atoms with van der Waals surface area (Å²) in [5.41, 5.74) is 2.46. The van der Waals surface area contributed by atoms with E-state index in [0.29, 0.717) is 30.3 Å². The summed E-state index contributed by atoms with van der Waals surface area (Å²) in [4.78, 5) is 16.9. The maximum absolute atomic E-state index is 12.4. The van der Waals surface area contributed by atoms with E-state index in [1.165, 1.54) is 25.7 Å². The number of hydrogen-bond donors (Lipinski definition) is 2. The van der Waals surface area contributed by atoms with Gasteiger partial charge >= 0.3 is 0 Å². The number of oxazole rings is 1. The van der Waals surface area contributed by atoms with E-state index < -0.39 is 0 Å². The molecule has 1 aromatic carbocycles. The SMILES string of the molecule is Cl.O=C(CC1CC2CCC(C1)N2)Nc1ccc2nc(C3CC3)oc2c1. The molecule has 1 amide bonds. The number of nitrogens with one attached hydrogen (secondary N) is 2. The molecule has 25 heavy (non-hydrogen) atoms. The van der Waals surface area contributed by atoms with Gasteiger partial charge in [-0.3, -0.25) is 4.79 Å². The maximum atomic E-state index is 12.4. The maximum Gasteiger partial charge on any atom is 0.224 e. The van der Waals surface area contributed by atoms with Gasteiger partial charge in [0.15, 0.2) is 11.5 Å². The van der Waals surface area contributed by atoms with Crippen LogP contribution >= 0.6 is 12.4 Å². The van der Waals surface area contributed by atoms with Crippen LogP contribution in [-0.4, -0.2) is 23.0 Å². The Kier molecular flexibility index (Phi) is 4.46. The van der Waals surface area contributed by atoms with Crippen molar-refractivity contribution in [3.05, 3.63) is 24.1 Å². The van der Waals surface area contributed by atoms with Crippen LogP contribution in [0.1, 0.15) is 56.8 Å². The van der Waals surface area contributed by atoms with Crippen molar-refractivity contribution in [1.29, 1.82) is 0 Å². The van der Waals surface area contributed by atoms with Crippen LogP contribution in [0.5, 0.6) is 0 Å². The van der Waals surface area contributed by atoms with E-state index in [1.807, 2.05) is 18.2 Å². The summed E-state index contributed by atoms with van der Waals surface area (Å²) in [7, 11) is 0. The van der Waals surface area contributed by atoms with Crippen molar-refractivity contribution >= 4 is 35.1 Å². The highest BCUT2D eigenvalue weighted by atomic mass is 35.5. The minimum absolute atomic E-state index is 0. The van der Waals surface area contributed by atoms with Crippen molar-refractivity contribution in [3.8, 4) is 0 Å². The zero-order chi connectivity index (χ0) is 16.1. The molecule has 5 rings (SSSR count). The third-order valence-corrected chi connectivity index (χ3v) is 5.66. The van der Waals surface area contributed by atoms with Gasteiger partial charge in [-0.05, 0) is 56.6 Å². The van der Waals surface area contributed by atoms with Crippen LogP contribution in [0.15, 0.2) is 22.6 Å². The Balaban J connectivity index is 0.00000157. The Labute approximate surface area is 153 Å². The molecule has 5 nitrogen and oxygen atoms in total. The molecule has 2 aromatic rings. The van der Waals surface area contributed by atoms with E-state index in [9.17, 15) is 4.79 Å². The molecule has 2 N–H and O–H groups in total. The van der Waals surface area contributed by atoms with Gasteiger partial charge in [0.2, 0.25) is 5.91 Å². The van der Waals surface area contributed by atoms with Crippen molar-refractivity contribution in [2.24, 2.45) is 5.92 Å². The molecule has 2 atom stereocenters.